The van der Waals surface area contributed by atoms with Crippen LogP contribution in [0.15, 0.2) is 54.7 Å². The lowest BCUT2D eigenvalue weighted by Crippen LogP contribution is -2.42. The summed E-state index contributed by atoms with van der Waals surface area (Å²) >= 11 is 0. The van der Waals surface area contributed by atoms with E-state index >= 15 is 0 Å². The first kappa shape index (κ1) is 18.8. The number of aromatic nitrogens is 2. The normalized spacial score (nSPS) is 15.8. The summed E-state index contributed by atoms with van der Waals surface area (Å²) < 4.78 is 5.28. The second kappa shape index (κ2) is 9.13. The molecule has 3 heterocycles. The van der Waals surface area contributed by atoms with Gasteiger partial charge in [0.15, 0.2) is 0 Å². The molecule has 0 radical (unpaired) electrons. The van der Waals surface area contributed by atoms with Crippen molar-refractivity contribution in [2.24, 2.45) is 0 Å². The van der Waals surface area contributed by atoms with E-state index in [0.717, 1.165) is 43.6 Å². The fourth-order valence-electron chi connectivity index (χ4n) is 3.87. The van der Waals surface area contributed by atoms with Crippen LogP contribution in [-0.2, 0) is 13.0 Å². The van der Waals surface area contributed by atoms with Crippen LogP contribution in [0.2, 0.25) is 0 Å². The van der Waals surface area contributed by atoms with Crippen LogP contribution < -0.4 is 10.1 Å². The first-order valence-electron chi connectivity index (χ1n) is 10.1. The second-order valence-corrected chi connectivity index (χ2v) is 7.42. The highest BCUT2D eigenvalue weighted by Gasteiger charge is 2.19. The zero-order valence-electron chi connectivity index (χ0n) is 16.5. The van der Waals surface area contributed by atoms with E-state index in [1.165, 1.54) is 24.0 Å². The number of likely N-dealkylation sites (tertiary alicyclic amines) is 1. The first-order valence-corrected chi connectivity index (χ1v) is 10.1. The minimum absolute atomic E-state index is 0.615. The number of methoxy groups -OCH3 is 1. The Morgan fingerprint density at radius 1 is 1.07 bits per heavy atom. The number of benzene rings is 1. The first-order chi connectivity index (χ1) is 13.8. The Morgan fingerprint density at radius 2 is 1.89 bits per heavy atom. The van der Waals surface area contributed by atoms with Crippen molar-refractivity contribution < 1.29 is 4.74 Å². The highest BCUT2D eigenvalue weighted by atomic mass is 16.5. The molecule has 146 valence electrons. The smallest absolute Gasteiger partial charge is 0.213 e. The maximum absolute atomic E-state index is 5.28. The molecule has 1 fully saturated rings. The van der Waals surface area contributed by atoms with Gasteiger partial charge in [-0.1, -0.05) is 30.3 Å². The summed E-state index contributed by atoms with van der Waals surface area (Å²) in [5.74, 6) is 0.645. The SMILES string of the molecule is COc1ccc2nccc(CCN3CCC(NCc4ccccc4)CC3)c2n1. The van der Waals surface area contributed by atoms with Crippen molar-refractivity contribution in [3.63, 3.8) is 0 Å². The minimum Gasteiger partial charge on any atom is -0.481 e. The molecule has 0 unspecified atom stereocenters. The molecular formula is C23H28N4O. The van der Waals surface area contributed by atoms with Gasteiger partial charge < -0.3 is 15.0 Å². The van der Waals surface area contributed by atoms with E-state index < -0.39 is 0 Å². The van der Waals surface area contributed by atoms with Crippen molar-refractivity contribution in [2.75, 3.05) is 26.7 Å². The van der Waals surface area contributed by atoms with Gasteiger partial charge in [-0.3, -0.25) is 4.98 Å². The molecule has 0 aliphatic carbocycles. The molecule has 1 aromatic carbocycles. The van der Waals surface area contributed by atoms with E-state index in [1.54, 1.807) is 7.11 Å². The van der Waals surface area contributed by atoms with Crippen LogP contribution in [0.4, 0.5) is 0 Å². The lowest BCUT2D eigenvalue weighted by Gasteiger charge is -2.32. The largest absolute Gasteiger partial charge is 0.481 e. The van der Waals surface area contributed by atoms with E-state index in [0.29, 0.717) is 11.9 Å². The number of hydrogen-bond donors (Lipinski definition) is 1. The maximum Gasteiger partial charge on any atom is 0.213 e. The van der Waals surface area contributed by atoms with Crippen molar-refractivity contribution in [3.8, 4) is 5.88 Å². The van der Waals surface area contributed by atoms with Crippen LogP contribution in [0.5, 0.6) is 5.88 Å². The molecule has 0 amide bonds. The molecule has 3 aromatic rings. The van der Waals surface area contributed by atoms with Crippen LogP contribution in [-0.4, -0.2) is 47.7 Å². The van der Waals surface area contributed by atoms with Gasteiger partial charge in [0.1, 0.15) is 0 Å². The lowest BCUT2D eigenvalue weighted by molar-refractivity contribution is 0.199. The zero-order chi connectivity index (χ0) is 19.2. The van der Waals surface area contributed by atoms with Crippen LogP contribution in [0.25, 0.3) is 11.0 Å². The van der Waals surface area contributed by atoms with E-state index in [4.69, 9.17) is 4.74 Å². The summed E-state index contributed by atoms with van der Waals surface area (Å²) in [7, 11) is 1.65. The highest BCUT2D eigenvalue weighted by Crippen LogP contribution is 2.20. The monoisotopic (exact) mass is 376 g/mol. The maximum atomic E-state index is 5.28. The van der Waals surface area contributed by atoms with Crippen molar-refractivity contribution in [1.29, 1.82) is 0 Å². The number of rotatable bonds is 7. The Labute approximate surface area is 166 Å². The molecule has 0 atom stereocenters. The molecule has 1 saturated heterocycles. The summed E-state index contributed by atoms with van der Waals surface area (Å²) in [6.07, 6.45) is 5.28. The molecule has 1 aliphatic heterocycles. The molecule has 0 saturated carbocycles. The van der Waals surface area contributed by atoms with Crippen molar-refractivity contribution in [2.45, 2.75) is 31.8 Å². The summed E-state index contributed by atoms with van der Waals surface area (Å²) in [6.45, 7) is 4.31. The molecule has 0 bridgehead atoms. The number of hydrogen-bond acceptors (Lipinski definition) is 5. The third-order valence-corrected chi connectivity index (χ3v) is 5.57. The predicted molar refractivity (Wildman–Crippen MR) is 113 cm³/mol. The van der Waals surface area contributed by atoms with Gasteiger partial charge in [0.05, 0.1) is 18.1 Å². The van der Waals surface area contributed by atoms with Gasteiger partial charge in [0, 0.05) is 31.4 Å². The van der Waals surface area contributed by atoms with Crippen LogP contribution in [0.1, 0.15) is 24.0 Å². The fraction of sp³-hybridized carbons (Fsp3) is 0.391. The standard InChI is InChI=1S/C23H28N4O/c1-28-22-8-7-21-23(26-22)19(9-13-24-21)10-14-27-15-11-20(12-16-27)25-17-18-5-3-2-4-6-18/h2-9,13,20,25H,10-12,14-17H2,1H3. The average Bonchev–Trinajstić information content (AvgIpc) is 2.77. The van der Waals surface area contributed by atoms with Crippen molar-refractivity contribution in [1.82, 2.24) is 20.2 Å². The molecule has 0 spiro atoms. The van der Waals surface area contributed by atoms with Gasteiger partial charge in [-0.2, -0.15) is 0 Å². The highest BCUT2D eigenvalue weighted by molar-refractivity contribution is 5.78. The van der Waals surface area contributed by atoms with E-state index in [9.17, 15) is 0 Å². The fourth-order valence-corrected chi connectivity index (χ4v) is 3.87. The van der Waals surface area contributed by atoms with E-state index in [1.807, 2.05) is 18.3 Å². The number of fused-ring (bicyclic) bond motifs is 1. The topological polar surface area (TPSA) is 50.3 Å². The molecule has 28 heavy (non-hydrogen) atoms. The molecular weight excluding hydrogens is 348 g/mol. The van der Waals surface area contributed by atoms with Gasteiger partial charge in [-0.15, -0.1) is 0 Å². The quantitative estimate of drug-likeness (QED) is 0.685. The number of pyridine rings is 2. The molecule has 2 aromatic heterocycles. The molecule has 5 nitrogen and oxygen atoms in total. The van der Waals surface area contributed by atoms with Crippen molar-refractivity contribution >= 4 is 11.0 Å². The second-order valence-electron chi connectivity index (χ2n) is 7.42. The Balaban J connectivity index is 1.28. The summed E-state index contributed by atoms with van der Waals surface area (Å²) in [5.41, 5.74) is 4.49. The summed E-state index contributed by atoms with van der Waals surface area (Å²) in [5, 5.41) is 3.71. The molecule has 4 rings (SSSR count). The summed E-state index contributed by atoms with van der Waals surface area (Å²) in [4.78, 5) is 11.6. The molecule has 1 aliphatic rings. The van der Waals surface area contributed by atoms with E-state index in [-0.39, 0.29) is 0 Å². The van der Waals surface area contributed by atoms with Gasteiger partial charge in [-0.25, -0.2) is 4.98 Å². The number of ether oxygens (including phenoxy) is 1. The van der Waals surface area contributed by atoms with Gasteiger partial charge >= 0.3 is 0 Å². The Hall–Kier alpha value is -2.50. The summed E-state index contributed by atoms with van der Waals surface area (Å²) in [6, 6.07) is 17.2. The molecule has 1 N–H and O–H groups in total. The van der Waals surface area contributed by atoms with Gasteiger partial charge in [0.25, 0.3) is 0 Å². The lowest BCUT2D eigenvalue weighted by atomic mass is 10.0. The molecule has 5 heteroatoms. The minimum atomic E-state index is 0.615. The predicted octanol–water partition coefficient (Wildman–Crippen LogP) is 3.44. The van der Waals surface area contributed by atoms with Crippen LogP contribution in [0, 0.1) is 0 Å². The van der Waals surface area contributed by atoms with E-state index in [2.05, 4.69) is 56.6 Å². The zero-order valence-corrected chi connectivity index (χ0v) is 16.5. The average molecular weight is 377 g/mol. The van der Waals surface area contributed by atoms with Gasteiger partial charge in [-0.05, 0) is 55.6 Å². The third-order valence-electron chi connectivity index (χ3n) is 5.57. The number of nitrogens with one attached hydrogen (secondary N) is 1. The van der Waals surface area contributed by atoms with Crippen LogP contribution >= 0.6 is 0 Å². The number of piperidine rings is 1. The Bertz CT molecular complexity index is 892. The Kier molecular flexibility index (Phi) is 6.14. The Morgan fingerprint density at radius 3 is 2.68 bits per heavy atom. The van der Waals surface area contributed by atoms with Crippen LogP contribution in [0.3, 0.4) is 0 Å². The van der Waals surface area contributed by atoms with Gasteiger partial charge in [0.2, 0.25) is 5.88 Å². The van der Waals surface area contributed by atoms with Crippen molar-refractivity contribution in [3.05, 3.63) is 65.9 Å². The third kappa shape index (κ3) is 4.66. The number of nitrogens with zero attached hydrogens (tertiary/aromatic N) is 3.